The number of aromatic nitrogens is 2. The summed E-state index contributed by atoms with van der Waals surface area (Å²) in [5.74, 6) is -0.570. The van der Waals surface area contributed by atoms with E-state index in [0.29, 0.717) is 5.02 Å². The van der Waals surface area contributed by atoms with E-state index in [4.69, 9.17) is 11.6 Å². The van der Waals surface area contributed by atoms with Gasteiger partial charge < -0.3 is 14.2 Å². The van der Waals surface area contributed by atoms with Crippen molar-refractivity contribution in [1.82, 2.24) is 14.3 Å². The van der Waals surface area contributed by atoms with Gasteiger partial charge in [0.15, 0.2) is 6.10 Å². The minimum Gasteiger partial charge on any atom is -0.467 e. The second-order valence-corrected chi connectivity index (χ2v) is 6.36. The molecule has 7 heteroatoms. The molecule has 1 atom stereocenters. The number of hydrogen-bond acceptors (Lipinski definition) is 5. The van der Waals surface area contributed by atoms with Gasteiger partial charge in [-0.25, -0.2) is 9.78 Å². The molecule has 0 aromatic carbocycles. The van der Waals surface area contributed by atoms with Crippen molar-refractivity contribution in [3.8, 4) is 0 Å². The van der Waals surface area contributed by atoms with E-state index in [9.17, 15) is 9.90 Å². The number of aliphatic hydroxyl groups excluding tert-OH is 1. The van der Waals surface area contributed by atoms with Gasteiger partial charge in [0, 0.05) is 18.9 Å². The molecular weight excluding hydrogens is 318 g/mol. The van der Waals surface area contributed by atoms with Crippen LogP contribution in [0.1, 0.15) is 18.5 Å². The predicted octanol–water partition coefficient (Wildman–Crippen LogP) is 1.73. The molecule has 0 amide bonds. The summed E-state index contributed by atoms with van der Waals surface area (Å²) >= 11 is 5.98. The number of imidazole rings is 1. The number of pyridine rings is 1. The molecule has 124 valence electrons. The van der Waals surface area contributed by atoms with Crippen molar-refractivity contribution in [2.45, 2.75) is 25.5 Å². The van der Waals surface area contributed by atoms with Crippen molar-refractivity contribution in [3.63, 3.8) is 0 Å². The fraction of sp³-hybridized carbons (Fsp3) is 0.500. The molecule has 2 aromatic rings. The third-order valence-electron chi connectivity index (χ3n) is 4.37. The van der Waals surface area contributed by atoms with Crippen LogP contribution in [0.15, 0.2) is 24.5 Å². The predicted molar refractivity (Wildman–Crippen MR) is 86.2 cm³/mol. The topological polar surface area (TPSA) is 67.1 Å². The average molecular weight is 338 g/mol. The summed E-state index contributed by atoms with van der Waals surface area (Å²) < 4.78 is 6.53. The Bertz CT molecular complexity index is 695. The van der Waals surface area contributed by atoms with Gasteiger partial charge in [-0.3, -0.25) is 4.90 Å². The molecule has 3 heterocycles. The maximum atomic E-state index is 11.4. The lowest BCUT2D eigenvalue weighted by Gasteiger charge is -2.32. The number of esters is 1. The van der Waals surface area contributed by atoms with Gasteiger partial charge in [-0.05, 0) is 44.0 Å². The number of fused-ring (bicyclic) bond motifs is 1. The maximum Gasteiger partial charge on any atom is 0.334 e. The number of hydrogen-bond donors (Lipinski definition) is 1. The molecule has 1 fully saturated rings. The number of aliphatic hydroxyl groups is 1. The number of rotatable bonds is 4. The van der Waals surface area contributed by atoms with E-state index >= 15 is 0 Å². The summed E-state index contributed by atoms with van der Waals surface area (Å²) in [5.41, 5.74) is 1.86. The Balaban J connectivity index is 1.58. The zero-order chi connectivity index (χ0) is 16.4. The monoisotopic (exact) mass is 337 g/mol. The molecule has 0 bridgehead atoms. The van der Waals surface area contributed by atoms with Crippen LogP contribution in [0, 0.1) is 5.92 Å². The van der Waals surface area contributed by atoms with E-state index in [2.05, 4.69) is 14.6 Å². The SMILES string of the molecule is COC(=O)[C@H](O)C1CCN(Cc2cn3cc(Cl)ccc3n2)CC1. The highest BCUT2D eigenvalue weighted by Gasteiger charge is 2.30. The minimum absolute atomic E-state index is 0.0291. The fourth-order valence-electron chi connectivity index (χ4n) is 3.06. The molecule has 0 aliphatic carbocycles. The summed E-state index contributed by atoms with van der Waals surface area (Å²) in [6.07, 6.45) is 4.35. The molecule has 6 nitrogen and oxygen atoms in total. The number of piperidine rings is 1. The first-order valence-corrected chi connectivity index (χ1v) is 8.06. The van der Waals surface area contributed by atoms with Gasteiger partial charge in [0.05, 0.1) is 17.8 Å². The van der Waals surface area contributed by atoms with Gasteiger partial charge >= 0.3 is 5.97 Å². The first kappa shape index (κ1) is 16.2. The van der Waals surface area contributed by atoms with Crippen molar-refractivity contribution >= 4 is 23.2 Å². The van der Waals surface area contributed by atoms with Gasteiger partial charge in [0.1, 0.15) is 5.65 Å². The molecule has 0 unspecified atom stereocenters. The summed E-state index contributed by atoms with van der Waals surface area (Å²) in [6, 6.07) is 3.72. The highest BCUT2D eigenvalue weighted by Crippen LogP contribution is 2.23. The summed E-state index contributed by atoms with van der Waals surface area (Å²) in [4.78, 5) is 18.3. The van der Waals surface area contributed by atoms with Crippen LogP contribution in [0.3, 0.4) is 0 Å². The van der Waals surface area contributed by atoms with Gasteiger partial charge in [-0.2, -0.15) is 0 Å². The second-order valence-electron chi connectivity index (χ2n) is 5.93. The number of nitrogens with zero attached hydrogens (tertiary/aromatic N) is 3. The van der Waals surface area contributed by atoms with Crippen LogP contribution in [-0.4, -0.2) is 51.7 Å². The number of carbonyl (C=O) groups is 1. The van der Waals surface area contributed by atoms with Gasteiger partial charge in [0.25, 0.3) is 0 Å². The van der Waals surface area contributed by atoms with Gasteiger partial charge in [-0.1, -0.05) is 11.6 Å². The van der Waals surface area contributed by atoms with Crippen LogP contribution in [0.5, 0.6) is 0 Å². The average Bonchev–Trinajstić information content (AvgIpc) is 2.95. The first-order chi connectivity index (χ1) is 11.1. The maximum absolute atomic E-state index is 11.4. The Labute approximate surface area is 139 Å². The zero-order valence-electron chi connectivity index (χ0n) is 13.0. The van der Waals surface area contributed by atoms with Crippen LogP contribution < -0.4 is 0 Å². The normalized spacial score (nSPS) is 18.2. The standard InChI is InChI=1S/C16H20ClN3O3/c1-23-16(22)15(21)11-4-6-19(7-5-11)9-13-10-20-8-12(17)2-3-14(20)18-13/h2-3,8,10-11,15,21H,4-7,9H2,1H3/t15-/m1/s1. The Morgan fingerprint density at radius 1 is 1.43 bits per heavy atom. The van der Waals surface area contributed by atoms with Crippen molar-refractivity contribution in [1.29, 1.82) is 0 Å². The molecule has 2 aromatic heterocycles. The number of likely N-dealkylation sites (tertiary alicyclic amines) is 1. The third kappa shape index (κ3) is 3.65. The zero-order valence-corrected chi connectivity index (χ0v) is 13.7. The number of methoxy groups -OCH3 is 1. The van der Waals surface area contributed by atoms with Crippen molar-refractivity contribution < 1.29 is 14.6 Å². The van der Waals surface area contributed by atoms with Crippen molar-refractivity contribution in [2.75, 3.05) is 20.2 Å². The van der Waals surface area contributed by atoms with E-state index in [1.54, 1.807) is 0 Å². The van der Waals surface area contributed by atoms with Gasteiger partial charge in [0.2, 0.25) is 0 Å². The number of halogens is 1. The Hall–Kier alpha value is -1.63. The molecule has 0 saturated carbocycles. The lowest BCUT2D eigenvalue weighted by molar-refractivity contribution is -0.154. The van der Waals surface area contributed by atoms with Crippen LogP contribution in [0.25, 0.3) is 5.65 Å². The lowest BCUT2D eigenvalue weighted by Crippen LogP contribution is -2.40. The highest BCUT2D eigenvalue weighted by molar-refractivity contribution is 6.30. The lowest BCUT2D eigenvalue weighted by atomic mass is 9.91. The summed E-state index contributed by atoms with van der Waals surface area (Å²) in [6.45, 7) is 2.40. The van der Waals surface area contributed by atoms with E-state index in [1.807, 2.05) is 28.9 Å². The third-order valence-corrected chi connectivity index (χ3v) is 4.60. The Morgan fingerprint density at radius 2 is 2.17 bits per heavy atom. The number of ether oxygens (including phenoxy) is 1. The Morgan fingerprint density at radius 3 is 2.87 bits per heavy atom. The second kappa shape index (κ2) is 6.86. The summed E-state index contributed by atoms with van der Waals surface area (Å²) in [7, 11) is 1.30. The molecule has 1 aliphatic rings. The molecule has 1 saturated heterocycles. The first-order valence-electron chi connectivity index (χ1n) is 7.68. The van der Waals surface area contributed by atoms with Gasteiger partial charge in [-0.15, -0.1) is 0 Å². The molecule has 23 heavy (non-hydrogen) atoms. The van der Waals surface area contributed by atoms with E-state index in [1.165, 1.54) is 7.11 Å². The van der Waals surface area contributed by atoms with Crippen LogP contribution in [-0.2, 0) is 16.1 Å². The van der Waals surface area contributed by atoms with Crippen LogP contribution in [0.2, 0.25) is 5.02 Å². The molecule has 1 N–H and O–H groups in total. The quantitative estimate of drug-likeness (QED) is 0.861. The minimum atomic E-state index is -1.01. The number of carbonyl (C=O) groups excluding carboxylic acids is 1. The molecule has 1 aliphatic heterocycles. The Kier molecular flexibility index (Phi) is 4.84. The van der Waals surface area contributed by atoms with E-state index in [0.717, 1.165) is 43.8 Å². The van der Waals surface area contributed by atoms with E-state index in [-0.39, 0.29) is 5.92 Å². The molecule has 0 radical (unpaired) electrons. The largest absolute Gasteiger partial charge is 0.467 e. The molecule has 3 rings (SSSR count). The van der Waals surface area contributed by atoms with Crippen molar-refractivity contribution in [2.24, 2.45) is 5.92 Å². The summed E-state index contributed by atoms with van der Waals surface area (Å²) in [5, 5.41) is 10.6. The smallest absolute Gasteiger partial charge is 0.334 e. The highest BCUT2D eigenvalue weighted by atomic mass is 35.5. The van der Waals surface area contributed by atoms with Crippen LogP contribution in [0.4, 0.5) is 0 Å². The fourth-order valence-corrected chi connectivity index (χ4v) is 3.23. The van der Waals surface area contributed by atoms with E-state index < -0.39 is 12.1 Å². The molecular formula is C16H20ClN3O3. The molecule has 0 spiro atoms. The van der Waals surface area contributed by atoms with Crippen molar-refractivity contribution in [3.05, 3.63) is 35.2 Å². The van der Waals surface area contributed by atoms with Crippen LogP contribution >= 0.6 is 11.6 Å².